The zero-order valence-electron chi connectivity index (χ0n) is 24.5. The smallest absolute Gasteiger partial charge is 0.306 e. The minimum absolute atomic E-state index is 0.0174. The van der Waals surface area contributed by atoms with Gasteiger partial charge in [0.15, 0.2) is 0 Å². The van der Waals surface area contributed by atoms with Crippen molar-refractivity contribution < 1.29 is 33.5 Å². The Kier molecular flexibility index (Phi) is 8.45. The molecule has 1 unspecified atom stereocenters. The number of hydrogen-bond donors (Lipinski definition) is 2. The van der Waals surface area contributed by atoms with Crippen molar-refractivity contribution in [2.75, 3.05) is 18.4 Å². The van der Waals surface area contributed by atoms with Crippen LogP contribution in [-0.2, 0) is 30.5 Å². The molecule has 4 aliphatic rings. The van der Waals surface area contributed by atoms with Gasteiger partial charge >= 0.3 is 5.97 Å². The SMILES string of the molecule is O=C1CCC(N2C(=O)c3cccc(NC4CCC(C(=O)N5CC[C@H](CC(=O)OCc6ccccc6)C5)CC4)c3C2=O)C(=O)N1. The number of anilines is 1. The lowest BCUT2D eigenvalue weighted by Crippen LogP contribution is -2.54. The minimum Gasteiger partial charge on any atom is -0.461 e. The van der Waals surface area contributed by atoms with Crippen molar-refractivity contribution in [2.45, 2.75) is 70.1 Å². The Morgan fingerprint density at radius 1 is 0.886 bits per heavy atom. The summed E-state index contributed by atoms with van der Waals surface area (Å²) in [5.41, 5.74) is 1.96. The minimum atomic E-state index is -1.01. The second kappa shape index (κ2) is 12.6. The van der Waals surface area contributed by atoms with Crippen LogP contribution in [0.15, 0.2) is 48.5 Å². The van der Waals surface area contributed by atoms with E-state index in [0.29, 0.717) is 38.0 Å². The van der Waals surface area contributed by atoms with E-state index in [2.05, 4.69) is 10.6 Å². The van der Waals surface area contributed by atoms with Gasteiger partial charge in [-0.25, -0.2) is 0 Å². The summed E-state index contributed by atoms with van der Waals surface area (Å²) in [5, 5.41) is 5.64. The molecule has 2 aromatic carbocycles. The molecule has 44 heavy (non-hydrogen) atoms. The zero-order chi connectivity index (χ0) is 30.8. The molecule has 3 fully saturated rings. The first-order chi connectivity index (χ1) is 21.3. The van der Waals surface area contributed by atoms with Crippen molar-refractivity contribution in [2.24, 2.45) is 11.8 Å². The van der Waals surface area contributed by atoms with Gasteiger partial charge < -0.3 is 15.0 Å². The Morgan fingerprint density at radius 3 is 2.41 bits per heavy atom. The first kappa shape index (κ1) is 29.5. The quantitative estimate of drug-likeness (QED) is 0.348. The van der Waals surface area contributed by atoms with Gasteiger partial charge in [0.25, 0.3) is 11.8 Å². The number of carbonyl (C=O) groups excluding carboxylic acids is 6. The average Bonchev–Trinajstić information content (AvgIpc) is 3.59. The van der Waals surface area contributed by atoms with Crippen LogP contribution < -0.4 is 10.6 Å². The van der Waals surface area contributed by atoms with Crippen molar-refractivity contribution in [1.29, 1.82) is 0 Å². The number of piperidine rings is 1. The molecule has 5 amide bonds. The number of likely N-dealkylation sites (tertiary alicyclic amines) is 1. The second-order valence-corrected chi connectivity index (χ2v) is 12.2. The number of ether oxygens (including phenoxy) is 1. The molecule has 0 radical (unpaired) electrons. The summed E-state index contributed by atoms with van der Waals surface area (Å²) in [6.07, 6.45) is 4.09. The highest BCUT2D eigenvalue weighted by Crippen LogP contribution is 2.35. The summed E-state index contributed by atoms with van der Waals surface area (Å²) < 4.78 is 5.43. The molecule has 1 aliphatic carbocycles. The molecule has 6 rings (SSSR count). The third-order valence-corrected chi connectivity index (χ3v) is 9.20. The molecule has 1 saturated carbocycles. The fourth-order valence-electron chi connectivity index (χ4n) is 6.83. The maximum absolute atomic E-state index is 13.4. The van der Waals surface area contributed by atoms with Crippen molar-refractivity contribution in [3.8, 4) is 0 Å². The van der Waals surface area contributed by atoms with Gasteiger partial charge in [-0.1, -0.05) is 36.4 Å². The highest BCUT2D eigenvalue weighted by molar-refractivity contribution is 6.25. The topological polar surface area (TPSA) is 142 Å². The van der Waals surface area contributed by atoms with Crippen LogP contribution in [0.1, 0.15) is 77.6 Å². The average molecular weight is 601 g/mol. The highest BCUT2D eigenvalue weighted by Gasteiger charge is 2.46. The lowest BCUT2D eigenvalue weighted by atomic mass is 9.85. The Morgan fingerprint density at radius 2 is 1.66 bits per heavy atom. The Hall–Kier alpha value is -4.54. The van der Waals surface area contributed by atoms with Crippen LogP contribution in [0.5, 0.6) is 0 Å². The number of amides is 5. The Bertz CT molecular complexity index is 1480. The van der Waals surface area contributed by atoms with Gasteiger partial charge in [-0.15, -0.1) is 0 Å². The molecule has 3 aliphatic heterocycles. The number of carbonyl (C=O) groups is 6. The van der Waals surface area contributed by atoms with Crippen LogP contribution in [0.25, 0.3) is 0 Å². The predicted octanol–water partition coefficient (Wildman–Crippen LogP) is 3.04. The lowest BCUT2D eigenvalue weighted by Gasteiger charge is -2.32. The van der Waals surface area contributed by atoms with Gasteiger partial charge in [0.05, 0.1) is 17.5 Å². The summed E-state index contributed by atoms with van der Waals surface area (Å²) in [5.74, 6) is -2.24. The molecule has 3 heterocycles. The Balaban J connectivity index is 0.993. The molecular formula is C33H36N4O7. The van der Waals surface area contributed by atoms with Crippen molar-refractivity contribution in [3.63, 3.8) is 0 Å². The van der Waals surface area contributed by atoms with Gasteiger partial charge in [0, 0.05) is 37.2 Å². The number of nitrogens with zero attached hydrogens (tertiary/aromatic N) is 2. The van der Waals surface area contributed by atoms with Gasteiger partial charge in [-0.2, -0.15) is 0 Å². The van der Waals surface area contributed by atoms with E-state index in [1.807, 2.05) is 35.2 Å². The van der Waals surface area contributed by atoms with E-state index in [-0.39, 0.29) is 60.3 Å². The van der Waals surface area contributed by atoms with Crippen LogP contribution in [0, 0.1) is 11.8 Å². The summed E-state index contributed by atoms with van der Waals surface area (Å²) in [6, 6.07) is 13.6. The first-order valence-corrected chi connectivity index (χ1v) is 15.4. The van der Waals surface area contributed by atoms with Gasteiger partial charge in [-0.05, 0) is 62.1 Å². The molecule has 2 aromatic rings. The van der Waals surface area contributed by atoms with Gasteiger partial charge in [0.1, 0.15) is 12.6 Å². The molecule has 11 heteroatoms. The van der Waals surface area contributed by atoms with E-state index in [9.17, 15) is 28.8 Å². The molecule has 2 saturated heterocycles. The summed E-state index contributed by atoms with van der Waals surface area (Å²) in [4.78, 5) is 79.1. The van der Waals surface area contributed by atoms with Crippen LogP contribution in [0.2, 0.25) is 0 Å². The Labute approximate surface area is 255 Å². The number of rotatable bonds is 8. The lowest BCUT2D eigenvalue weighted by molar-refractivity contribution is -0.146. The van der Waals surface area contributed by atoms with Crippen LogP contribution in [0.3, 0.4) is 0 Å². The van der Waals surface area contributed by atoms with E-state index in [1.54, 1.807) is 18.2 Å². The highest BCUT2D eigenvalue weighted by atomic mass is 16.5. The van der Waals surface area contributed by atoms with Crippen molar-refractivity contribution in [3.05, 3.63) is 65.2 Å². The van der Waals surface area contributed by atoms with Crippen LogP contribution in [0.4, 0.5) is 5.69 Å². The second-order valence-electron chi connectivity index (χ2n) is 12.2. The third kappa shape index (κ3) is 6.09. The summed E-state index contributed by atoms with van der Waals surface area (Å²) in [6.45, 7) is 1.46. The number of hydrogen-bond acceptors (Lipinski definition) is 8. The number of nitrogens with one attached hydrogen (secondary N) is 2. The van der Waals surface area contributed by atoms with E-state index >= 15 is 0 Å². The third-order valence-electron chi connectivity index (χ3n) is 9.20. The number of benzene rings is 2. The molecule has 0 bridgehead atoms. The maximum Gasteiger partial charge on any atom is 0.306 e. The van der Waals surface area contributed by atoms with Gasteiger partial charge in [-0.3, -0.25) is 39.0 Å². The van der Waals surface area contributed by atoms with E-state index in [0.717, 1.165) is 29.7 Å². The molecule has 2 atom stereocenters. The number of imide groups is 2. The first-order valence-electron chi connectivity index (χ1n) is 15.4. The molecule has 0 aromatic heterocycles. The van der Waals surface area contributed by atoms with E-state index in [4.69, 9.17) is 4.74 Å². The number of fused-ring (bicyclic) bond motifs is 1. The molecule has 11 nitrogen and oxygen atoms in total. The molecular weight excluding hydrogens is 564 g/mol. The van der Waals surface area contributed by atoms with E-state index in [1.165, 1.54) is 0 Å². The molecule has 2 N–H and O–H groups in total. The van der Waals surface area contributed by atoms with Gasteiger partial charge in [0.2, 0.25) is 17.7 Å². The predicted molar refractivity (Wildman–Crippen MR) is 158 cm³/mol. The zero-order valence-corrected chi connectivity index (χ0v) is 24.5. The molecule has 0 spiro atoms. The normalized spacial score (nSPS) is 25.1. The summed E-state index contributed by atoms with van der Waals surface area (Å²) in [7, 11) is 0. The van der Waals surface area contributed by atoms with Crippen molar-refractivity contribution >= 4 is 41.2 Å². The maximum atomic E-state index is 13.4. The fraction of sp³-hybridized carbons (Fsp3) is 0.455. The largest absolute Gasteiger partial charge is 0.461 e. The number of esters is 1. The monoisotopic (exact) mass is 600 g/mol. The van der Waals surface area contributed by atoms with E-state index < -0.39 is 29.7 Å². The molecule has 230 valence electrons. The van der Waals surface area contributed by atoms with Crippen LogP contribution in [-0.4, -0.2) is 70.5 Å². The van der Waals surface area contributed by atoms with Crippen molar-refractivity contribution in [1.82, 2.24) is 15.1 Å². The van der Waals surface area contributed by atoms with Crippen LogP contribution >= 0.6 is 0 Å². The standard InChI is InChI=1S/C33H36N4O7/c38-27-14-13-26(30(40)35-27)37-32(42)24-7-4-8-25(29(24)33(37)43)34-23-11-9-22(10-12-23)31(41)36-16-15-21(18-36)17-28(39)44-19-20-5-2-1-3-6-20/h1-8,21-23,26,34H,9-19H2,(H,35,38,40)/t21-,22?,23?,26?/m1/s1. The summed E-state index contributed by atoms with van der Waals surface area (Å²) >= 11 is 0. The fourth-order valence-corrected chi connectivity index (χ4v) is 6.83.